The number of nitrogens with one attached hydrogen (secondary N) is 1. The van der Waals surface area contributed by atoms with Crippen LogP contribution in [0.2, 0.25) is 0 Å². The molecule has 1 aliphatic heterocycles. The first-order valence-corrected chi connectivity index (χ1v) is 6.56. The van der Waals surface area contributed by atoms with Crippen LogP contribution in [-0.4, -0.2) is 20.8 Å². The predicted octanol–water partition coefficient (Wildman–Crippen LogP) is 2.02. The molecule has 0 saturated carbocycles. The van der Waals surface area contributed by atoms with E-state index < -0.39 is 0 Å². The minimum atomic E-state index is 0.104. The molecule has 1 unspecified atom stereocenters. The maximum Gasteiger partial charge on any atom is 0.112 e. The lowest BCUT2D eigenvalue weighted by atomic mass is 10.4. The summed E-state index contributed by atoms with van der Waals surface area (Å²) in [7, 11) is 1.83. The van der Waals surface area contributed by atoms with Crippen LogP contribution in [-0.2, 0) is 0 Å². The van der Waals surface area contributed by atoms with Crippen molar-refractivity contribution >= 4 is 46.5 Å². The summed E-state index contributed by atoms with van der Waals surface area (Å²) in [5, 5.41) is 3.17. The number of nitrogens with zero attached hydrogens (tertiary/aromatic N) is 1. The molecule has 1 rings (SSSR count). The van der Waals surface area contributed by atoms with Gasteiger partial charge in [0, 0.05) is 17.7 Å². The molecular formula is C7H10BrIN2. The van der Waals surface area contributed by atoms with Crippen molar-refractivity contribution in [3.05, 3.63) is 10.7 Å². The van der Waals surface area contributed by atoms with Crippen LogP contribution < -0.4 is 5.32 Å². The Morgan fingerprint density at radius 1 is 1.73 bits per heavy atom. The van der Waals surface area contributed by atoms with Crippen LogP contribution in [0.25, 0.3) is 0 Å². The van der Waals surface area contributed by atoms with Crippen LogP contribution in [0.1, 0.15) is 6.92 Å². The summed E-state index contributed by atoms with van der Waals surface area (Å²) in [6.07, 6.45) is 1.95. The second kappa shape index (κ2) is 4.35. The van der Waals surface area contributed by atoms with Gasteiger partial charge in [-0.1, -0.05) is 0 Å². The van der Waals surface area contributed by atoms with Crippen LogP contribution >= 0.6 is 36.7 Å². The SMILES string of the molecule is CN=C1NC=C(Br)C=IC1C. The van der Waals surface area contributed by atoms with E-state index in [0.29, 0.717) is 3.92 Å². The quantitative estimate of drug-likeness (QED) is 0.534. The highest BCUT2D eigenvalue weighted by molar-refractivity contribution is 14.2. The zero-order valence-corrected chi connectivity index (χ0v) is 10.2. The summed E-state index contributed by atoms with van der Waals surface area (Å²) >= 11 is 3.54. The first-order chi connectivity index (χ1) is 5.24. The Labute approximate surface area is 85.0 Å². The summed E-state index contributed by atoms with van der Waals surface area (Å²) in [6, 6.07) is 0. The summed E-state index contributed by atoms with van der Waals surface area (Å²) < 4.78 is 4.01. The van der Waals surface area contributed by atoms with Gasteiger partial charge in [0.2, 0.25) is 0 Å². The smallest absolute Gasteiger partial charge is 0.112 e. The van der Waals surface area contributed by atoms with Crippen molar-refractivity contribution in [3.63, 3.8) is 0 Å². The lowest BCUT2D eigenvalue weighted by molar-refractivity contribution is 1.15. The van der Waals surface area contributed by atoms with E-state index in [1.807, 2.05) is 13.2 Å². The Morgan fingerprint density at radius 3 is 3.09 bits per heavy atom. The molecule has 0 aromatic rings. The number of rotatable bonds is 0. The molecule has 0 bridgehead atoms. The van der Waals surface area contributed by atoms with Gasteiger partial charge in [0.15, 0.2) is 0 Å². The van der Waals surface area contributed by atoms with Crippen LogP contribution in [0.5, 0.6) is 0 Å². The summed E-state index contributed by atoms with van der Waals surface area (Å²) in [5.74, 6) is 1.10. The number of allylic oxidation sites excluding steroid dienone is 1. The molecule has 0 saturated heterocycles. The average Bonchev–Trinajstić information content (AvgIpc) is 2.15. The molecule has 1 aliphatic rings. The van der Waals surface area contributed by atoms with Crippen molar-refractivity contribution in [2.45, 2.75) is 10.8 Å². The summed E-state index contributed by atoms with van der Waals surface area (Å²) in [5.41, 5.74) is 0. The topological polar surface area (TPSA) is 24.4 Å². The Morgan fingerprint density at radius 2 is 2.45 bits per heavy atom. The van der Waals surface area contributed by atoms with Crippen molar-refractivity contribution in [3.8, 4) is 0 Å². The number of hydrogen-bond acceptors (Lipinski definition) is 1. The molecule has 1 heterocycles. The zero-order valence-electron chi connectivity index (χ0n) is 6.44. The molecule has 1 N–H and O–H groups in total. The molecule has 0 amide bonds. The summed E-state index contributed by atoms with van der Waals surface area (Å²) in [4.78, 5) is 4.17. The van der Waals surface area contributed by atoms with E-state index in [1.54, 1.807) is 0 Å². The van der Waals surface area contributed by atoms with Gasteiger partial charge in [0.25, 0.3) is 0 Å². The highest BCUT2D eigenvalue weighted by atomic mass is 127. The van der Waals surface area contributed by atoms with Gasteiger partial charge in [-0.3, -0.25) is 4.99 Å². The fourth-order valence-corrected chi connectivity index (χ4v) is 3.39. The van der Waals surface area contributed by atoms with Crippen LogP contribution in [0, 0.1) is 0 Å². The molecule has 0 aliphatic carbocycles. The molecule has 0 fully saturated rings. The van der Waals surface area contributed by atoms with Gasteiger partial charge >= 0.3 is 0 Å². The van der Waals surface area contributed by atoms with Gasteiger partial charge in [0.05, 0.1) is 3.92 Å². The van der Waals surface area contributed by atoms with Crippen LogP contribution in [0.15, 0.2) is 15.7 Å². The molecule has 0 aromatic carbocycles. The van der Waals surface area contributed by atoms with E-state index in [2.05, 4.69) is 37.2 Å². The molecule has 2 nitrogen and oxygen atoms in total. The Bertz CT molecular complexity index is 233. The molecule has 1 atom stereocenters. The largest absolute Gasteiger partial charge is 0.348 e. The van der Waals surface area contributed by atoms with Crippen molar-refractivity contribution < 1.29 is 0 Å². The van der Waals surface area contributed by atoms with Gasteiger partial charge in [0.1, 0.15) is 5.84 Å². The molecule has 11 heavy (non-hydrogen) atoms. The number of halogens is 2. The lowest BCUT2D eigenvalue weighted by Gasteiger charge is -2.06. The van der Waals surface area contributed by atoms with Gasteiger partial charge in [-0.05, 0) is 26.9 Å². The molecule has 0 radical (unpaired) electrons. The third-order valence-corrected chi connectivity index (χ3v) is 5.34. The molecule has 62 valence electrons. The van der Waals surface area contributed by atoms with Crippen molar-refractivity contribution in [1.82, 2.24) is 5.32 Å². The Balaban J connectivity index is 2.83. The van der Waals surface area contributed by atoms with Gasteiger partial charge in [-0.25, -0.2) is 0 Å². The van der Waals surface area contributed by atoms with Gasteiger partial charge in [-0.15, -0.1) is 20.7 Å². The van der Waals surface area contributed by atoms with E-state index in [0.717, 1.165) is 10.3 Å². The minimum Gasteiger partial charge on any atom is -0.348 e. The standard InChI is InChI=1S/C7H10BrIN2/c1-5-7(10-2)11-4-6(8)3-9-5/h3-5H,1-2H3,(H,10,11). The fraction of sp³-hybridized carbons (Fsp3) is 0.429. The zero-order chi connectivity index (χ0) is 8.27. The predicted molar refractivity (Wildman–Crippen MR) is 63.1 cm³/mol. The van der Waals surface area contributed by atoms with Crippen LogP contribution in [0.4, 0.5) is 0 Å². The first kappa shape index (κ1) is 9.38. The second-order valence-electron chi connectivity index (χ2n) is 2.13. The van der Waals surface area contributed by atoms with E-state index in [1.165, 1.54) is 0 Å². The summed E-state index contributed by atoms with van der Waals surface area (Å²) in [6.45, 7) is 2.21. The second-order valence-corrected chi connectivity index (χ2v) is 6.26. The molecule has 0 aromatic heterocycles. The number of aliphatic imine (C=N–C) groups is 1. The van der Waals surface area contributed by atoms with Crippen molar-refractivity contribution in [2.75, 3.05) is 7.05 Å². The molecular weight excluding hydrogens is 319 g/mol. The van der Waals surface area contributed by atoms with E-state index in [-0.39, 0.29) is 20.7 Å². The third kappa shape index (κ3) is 2.66. The highest BCUT2D eigenvalue weighted by Crippen LogP contribution is 2.16. The van der Waals surface area contributed by atoms with Crippen LogP contribution in [0.3, 0.4) is 0 Å². The minimum absolute atomic E-state index is 0.104. The lowest BCUT2D eigenvalue weighted by Crippen LogP contribution is -2.24. The average molecular weight is 329 g/mol. The van der Waals surface area contributed by atoms with E-state index in [4.69, 9.17) is 0 Å². The van der Waals surface area contributed by atoms with Gasteiger partial charge in [-0.2, -0.15) is 0 Å². The number of alkyl halides is 1. The normalized spacial score (nSPS) is 28.5. The van der Waals surface area contributed by atoms with Gasteiger partial charge < -0.3 is 5.32 Å². The third-order valence-electron chi connectivity index (χ3n) is 1.33. The Hall–Kier alpha value is 0.290. The van der Waals surface area contributed by atoms with E-state index >= 15 is 0 Å². The van der Waals surface area contributed by atoms with Crippen molar-refractivity contribution in [1.29, 1.82) is 0 Å². The molecule has 0 spiro atoms. The van der Waals surface area contributed by atoms with Crippen molar-refractivity contribution in [2.24, 2.45) is 4.99 Å². The first-order valence-electron chi connectivity index (χ1n) is 3.28. The molecule has 4 heteroatoms. The number of hydrogen-bond donors (Lipinski definition) is 1. The number of amidine groups is 1. The maximum atomic E-state index is 4.17. The van der Waals surface area contributed by atoms with E-state index in [9.17, 15) is 0 Å². The monoisotopic (exact) mass is 328 g/mol. The fourth-order valence-electron chi connectivity index (χ4n) is 0.746. The highest BCUT2D eigenvalue weighted by Gasteiger charge is 2.07. The maximum absolute atomic E-state index is 4.17. The Kier molecular flexibility index (Phi) is 3.71.